The molecule has 1 heterocycles. The largest absolute Gasteiger partial charge is 0.464 e. The molecule has 0 aliphatic heterocycles. The first-order valence-corrected chi connectivity index (χ1v) is 8.96. The van der Waals surface area contributed by atoms with Gasteiger partial charge in [0.05, 0.1) is 10.9 Å². The fourth-order valence-electron chi connectivity index (χ4n) is 2.25. The Balaban J connectivity index is 2.43. The molecule has 0 radical (unpaired) electrons. The van der Waals surface area contributed by atoms with Gasteiger partial charge in [-0.1, -0.05) is 26.0 Å². The minimum atomic E-state index is -3.21. The number of hydrogen-bond acceptors (Lipinski definition) is 4. The van der Waals surface area contributed by atoms with Gasteiger partial charge in [-0.3, -0.25) is 0 Å². The number of hydrogen-bond donors (Lipinski definition) is 1. The molecule has 1 atom stereocenters. The van der Waals surface area contributed by atoms with Gasteiger partial charge in [0.1, 0.15) is 11.5 Å². The van der Waals surface area contributed by atoms with Crippen LogP contribution in [-0.4, -0.2) is 21.2 Å². The van der Waals surface area contributed by atoms with Crippen molar-refractivity contribution in [1.29, 1.82) is 0 Å². The smallest absolute Gasteiger partial charge is 0.175 e. The minimum absolute atomic E-state index is 0.142. The van der Waals surface area contributed by atoms with E-state index < -0.39 is 9.84 Å². The molecule has 0 fully saturated rings. The second-order valence-electron chi connectivity index (χ2n) is 4.99. The predicted molar refractivity (Wildman–Crippen MR) is 83.2 cm³/mol. The fourth-order valence-corrected chi connectivity index (χ4v) is 2.93. The van der Waals surface area contributed by atoms with E-state index in [9.17, 15) is 8.42 Å². The van der Waals surface area contributed by atoms with Gasteiger partial charge < -0.3 is 9.73 Å². The van der Waals surface area contributed by atoms with Crippen molar-refractivity contribution in [2.75, 3.05) is 12.8 Å². The van der Waals surface area contributed by atoms with Crippen LogP contribution >= 0.6 is 0 Å². The second-order valence-corrected chi connectivity index (χ2v) is 7.01. The van der Waals surface area contributed by atoms with Crippen LogP contribution in [0.1, 0.15) is 37.0 Å². The normalized spacial score (nSPS) is 13.3. The van der Waals surface area contributed by atoms with Crippen LogP contribution in [0.4, 0.5) is 0 Å². The third-order valence-corrected chi connectivity index (χ3v) is 4.45. The maximum atomic E-state index is 11.7. The molecular weight excluding hydrogens is 286 g/mol. The van der Waals surface area contributed by atoms with E-state index in [0.29, 0.717) is 4.90 Å². The molecule has 0 aliphatic rings. The fraction of sp³-hybridized carbons (Fsp3) is 0.375. The van der Waals surface area contributed by atoms with E-state index in [1.54, 1.807) is 18.2 Å². The van der Waals surface area contributed by atoms with Gasteiger partial charge in [-0.05, 0) is 36.4 Å². The molecule has 0 amide bonds. The summed E-state index contributed by atoms with van der Waals surface area (Å²) in [6.07, 6.45) is 2.05. The third-order valence-electron chi connectivity index (χ3n) is 3.34. The third kappa shape index (κ3) is 3.74. The van der Waals surface area contributed by atoms with E-state index in [1.165, 1.54) is 6.26 Å². The molecule has 1 aromatic heterocycles. The average molecular weight is 307 g/mol. The van der Waals surface area contributed by atoms with E-state index >= 15 is 0 Å². The second kappa shape index (κ2) is 6.45. The number of sulfone groups is 1. The molecule has 2 aromatic rings. The van der Waals surface area contributed by atoms with Gasteiger partial charge in [-0.15, -0.1) is 0 Å². The van der Waals surface area contributed by atoms with Gasteiger partial charge in [0.15, 0.2) is 9.84 Å². The first-order valence-electron chi connectivity index (χ1n) is 7.07. The van der Waals surface area contributed by atoms with Crippen LogP contribution in [0.15, 0.2) is 45.7 Å². The Hall–Kier alpha value is -1.59. The molecule has 1 aromatic carbocycles. The number of benzene rings is 1. The van der Waals surface area contributed by atoms with Crippen LogP contribution in [0.25, 0.3) is 0 Å². The molecule has 21 heavy (non-hydrogen) atoms. The van der Waals surface area contributed by atoms with Gasteiger partial charge in [-0.25, -0.2) is 8.42 Å². The van der Waals surface area contributed by atoms with E-state index in [1.807, 2.05) is 32.0 Å². The SMILES string of the molecule is CCNC(c1cccc(S(C)(=O)=O)c1)c1ccc(CC)o1. The van der Waals surface area contributed by atoms with Gasteiger partial charge in [0, 0.05) is 12.7 Å². The number of furan rings is 1. The summed E-state index contributed by atoms with van der Waals surface area (Å²) in [6.45, 7) is 4.81. The first kappa shape index (κ1) is 15.8. The van der Waals surface area contributed by atoms with Crippen molar-refractivity contribution >= 4 is 9.84 Å². The Labute approximate surface area is 126 Å². The molecule has 1 N–H and O–H groups in total. The molecule has 0 saturated heterocycles. The first-order chi connectivity index (χ1) is 9.95. The van der Waals surface area contributed by atoms with Crippen molar-refractivity contribution in [2.24, 2.45) is 0 Å². The lowest BCUT2D eigenvalue weighted by Crippen LogP contribution is -2.21. The van der Waals surface area contributed by atoms with Crippen LogP contribution < -0.4 is 5.32 Å². The maximum Gasteiger partial charge on any atom is 0.175 e. The lowest BCUT2D eigenvalue weighted by Gasteiger charge is -2.17. The summed E-state index contributed by atoms with van der Waals surface area (Å²) < 4.78 is 29.2. The lowest BCUT2D eigenvalue weighted by molar-refractivity contribution is 0.425. The van der Waals surface area contributed by atoms with E-state index in [4.69, 9.17) is 4.42 Å². The highest BCUT2D eigenvalue weighted by molar-refractivity contribution is 7.90. The Morgan fingerprint density at radius 2 is 1.95 bits per heavy atom. The Morgan fingerprint density at radius 1 is 1.19 bits per heavy atom. The van der Waals surface area contributed by atoms with Gasteiger partial charge >= 0.3 is 0 Å². The topological polar surface area (TPSA) is 59.3 Å². The van der Waals surface area contributed by atoms with E-state index in [0.717, 1.165) is 30.0 Å². The zero-order valence-corrected chi connectivity index (χ0v) is 13.4. The highest BCUT2D eigenvalue weighted by Gasteiger charge is 2.18. The molecule has 0 spiro atoms. The summed E-state index contributed by atoms with van der Waals surface area (Å²) in [5.41, 5.74) is 0.886. The number of nitrogens with one attached hydrogen (secondary N) is 1. The van der Waals surface area contributed by atoms with Crippen molar-refractivity contribution in [2.45, 2.75) is 31.2 Å². The number of aryl methyl sites for hydroxylation is 1. The molecule has 4 nitrogen and oxygen atoms in total. The molecule has 1 unspecified atom stereocenters. The highest BCUT2D eigenvalue weighted by Crippen LogP contribution is 2.26. The molecule has 0 bridgehead atoms. The quantitative estimate of drug-likeness (QED) is 0.891. The van der Waals surface area contributed by atoms with Crippen molar-refractivity contribution in [3.05, 3.63) is 53.5 Å². The molecule has 0 saturated carbocycles. The summed E-state index contributed by atoms with van der Waals surface area (Å²) in [7, 11) is -3.21. The number of rotatable bonds is 6. The Morgan fingerprint density at radius 3 is 2.52 bits per heavy atom. The van der Waals surface area contributed by atoms with Gasteiger partial charge in [0.2, 0.25) is 0 Å². The predicted octanol–water partition coefficient (Wildman–Crippen LogP) is 2.94. The van der Waals surface area contributed by atoms with Crippen LogP contribution in [-0.2, 0) is 16.3 Å². The van der Waals surface area contributed by atoms with Crippen molar-refractivity contribution < 1.29 is 12.8 Å². The zero-order valence-electron chi connectivity index (χ0n) is 12.6. The maximum absolute atomic E-state index is 11.7. The van der Waals surface area contributed by atoms with Crippen LogP contribution in [0.3, 0.4) is 0 Å². The summed E-state index contributed by atoms with van der Waals surface area (Å²) in [5, 5.41) is 3.34. The summed E-state index contributed by atoms with van der Waals surface area (Å²) >= 11 is 0. The molecule has 114 valence electrons. The molecule has 2 rings (SSSR count). The zero-order chi connectivity index (χ0) is 15.5. The van der Waals surface area contributed by atoms with Crippen molar-refractivity contribution in [3.8, 4) is 0 Å². The van der Waals surface area contributed by atoms with Crippen molar-refractivity contribution in [3.63, 3.8) is 0 Å². The molecular formula is C16H21NO3S. The highest BCUT2D eigenvalue weighted by atomic mass is 32.2. The van der Waals surface area contributed by atoms with Crippen LogP contribution in [0.2, 0.25) is 0 Å². The molecule has 5 heteroatoms. The lowest BCUT2D eigenvalue weighted by atomic mass is 10.0. The van der Waals surface area contributed by atoms with E-state index in [2.05, 4.69) is 5.32 Å². The Kier molecular flexibility index (Phi) is 4.85. The summed E-state index contributed by atoms with van der Waals surface area (Å²) in [5.74, 6) is 1.73. The van der Waals surface area contributed by atoms with Crippen molar-refractivity contribution in [1.82, 2.24) is 5.32 Å². The standard InChI is InChI=1S/C16H21NO3S/c1-4-13-9-10-15(20-13)16(17-5-2)12-7-6-8-14(11-12)21(3,18)19/h6-11,16-17H,4-5H2,1-3H3. The van der Waals surface area contributed by atoms with Crippen LogP contribution in [0.5, 0.6) is 0 Å². The Bertz CT molecular complexity index is 704. The van der Waals surface area contributed by atoms with Gasteiger partial charge in [0.25, 0.3) is 0 Å². The summed E-state index contributed by atoms with van der Waals surface area (Å²) in [4.78, 5) is 0.324. The minimum Gasteiger partial charge on any atom is -0.464 e. The van der Waals surface area contributed by atoms with Crippen LogP contribution in [0, 0.1) is 0 Å². The summed E-state index contributed by atoms with van der Waals surface area (Å²) in [6, 6.07) is 10.8. The van der Waals surface area contributed by atoms with Gasteiger partial charge in [-0.2, -0.15) is 0 Å². The van der Waals surface area contributed by atoms with E-state index in [-0.39, 0.29) is 6.04 Å². The molecule has 0 aliphatic carbocycles. The average Bonchev–Trinajstić information content (AvgIpc) is 2.92. The monoisotopic (exact) mass is 307 g/mol.